The fourth-order valence-corrected chi connectivity index (χ4v) is 2.36. The highest BCUT2D eigenvalue weighted by molar-refractivity contribution is 5.19. The van der Waals surface area contributed by atoms with Gasteiger partial charge in [0.05, 0.1) is 11.1 Å². The van der Waals surface area contributed by atoms with E-state index in [1.54, 1.807) is 6.92 Å². The van der Waals surface area contributed by atoms with Crippen molar-refractivity contribution in [2.45, 2.75) is 50.7 Å². The molecule has 1 aromatic rings. The third-order valence-corrected chi connectivity index (χ3v) is 3.18. The average molecular weight is 221 g/mol. The summed E-state index contributed by atoms with van der Waals surface area (Å²) >= 11 is 0. The predicted octanol–water partition coefficient (Wildman–Crippen LogP) is 1.30. The van der Waals surface area contributed by atoms with E-state index in [0.29, 0.717) is 24.6 Å². The average Bonchev–Trinajstić information content (AvgIpc) is 2.14. The molecule has 3 N–H and O–H groups in total. The van der Waals surface area contributed by atoms with Crippen LogP contribution in [-0.2, 0) is 5.54 Å². The first-order chi connectivity index (χ1) is 7.32. The first kappa shape index (κ1) is 11.5. The van der Waals surface area contributed by atoms with E-state index in [0.717, 1.165) is 5.56 Å². The maximum Gasteiger partial charge on any atom is 0.148 e. The number of nitrogens with two attached hydrogens (primary N) is 1. The van der Waals surface area contributed by atoms with Crippen molar-refractivity contribution in [2.75, 3.05) is 0 Å². The first-order valence-corrected chi connectivity index (χ1v) is 5.66. The lowest BCUT2D eigenvalue weighted by molar-refractivity contribution is -0.0769. The molecule has 0 atom stereocenters. The van der Waals surface area contributed by atoms with E-state index in [4.69, 9.17) is 5.73 Å². The van der Waals surface area contributed by atoms with Crippen molar-refractivity contribution in [1.29, 1.82) is 0 Å². The minimum absolute atomic E-state index is 0.423. The summed E-state index contributed by atoms with van der Waals surface area (Å²) in [6.45, 7) is 6.00. The molecule has 0 bridgehead atoms. The molecule has 0 saturated heterocycles. The normalized spacial score (nSPS) is 33.9. The van der Waals surface area contributed by atoms with E-state index in [9.17, 15) is 5.11 Å². The van der Waals surface area contributed by atoms with Crippen LogP contribution in [0.4, 0.5) is 0 Å². The van der Waals surface area contributed by atoms with Crippen molar-refractivity contribution in [3.8, 4) is 0 Å². The number of nitrogens with zero attached hydrogens (tertiary/aromatic N) is 2. The zero-order valence-electron chi connectivity index (χ0n) is 10.1. The molecule has 0 spiro atoms. The Morgan fingerprint density at radius 3 is 2.19 bits per heavy atom. The van der Waals surface area contributed by atoms with Crippen LogP contribution < -0.4 is 5.73 Å². The van der Waals surface area contributed by atoms with Crippen molar-refractivity contribution in [1.82, 2.24) is 9.97 Å². The van der Waals surface area contributed by atoms with Gasteiger partial charge in [-0.15, -0.1) is 0 Å². The van der Waals surface area contributed by atoms with Gasteiger partial charge in [-0.2, -0.15) is 0 Å². The van der Waals surface area contributed by atoms with Crippen LogP contribution in [0.25, 0.3) is 0 Å². The lowest BCUT2D eigenvalue weighted by Gasteiger charge is -2.48. The Kier molecular flexibility index (Phi) is 2.51. The van der Waals surface area contributed by atoms with E-state index >= 15 is 0 Å². The first-order valence-electron chi connectivity index (χ1n) is 5.66. The molecule has 88 valence electrons. The van der Waals surface area contributed by atoms with E-state index in [1.165, 1.54) is 0 Å². The van der Waals surface area contributed by atoms with Gasteiger partial charge in [0, 0.05) is 25.2 Å². The highest BCUT2D eigenvalue weighted by Gasteiger charge is 2.51. The van der Waals surface area contributed by atoms with Crippen molar-refractivity contribution in [3.63, 3.8) is 0 Å². The number of hydrogen-bond acceptors (Lipinski definition) is 4. The molecule has 16 heavy (non-hydrogen) atoms. The van der Waals surface area contributed by atoms with Crippen LogP contribution in [0.1, 0.15) is 50.9 Å². The summed E-state index contributed by atoms with van der Waals surface area (Å²) in [6, 6.07) is 0. The largest absolute Gasteiger partial charge is 0.390 e. The van der Waals surface area contributed by atoms with Gasteiger partial charge in [0.15, 0.2) is 0 Å². The maximum atomic E-state index is 9.72. The molecule has 1 aromatic heterocycles. The molecule has 1 fully saturated rings. The quantitative estimate of drug-likeness (QED) is 0.789. The summed E-state index contributed by atoms with van der Waals surface area (Å²) in [5, 5.41) is 9.72. The second kappa shape index (κ2) is 3.50. The maximum absolute atomic E-state index is 9.72. The molecular weight excluding hydrogens is 202 g/mol. The molecule has 4 nitrogen and oxygen atoms in total. The lowest BCUT2D eigenvalue weighted by Crippen LogP contribution is -2.59. The molecule has 1 heterocycles. The Hall–Kier alpha value is -1.00. The van der Waals surface area contributed by atoms with Gasteiger partial charge < -0.3 is 10.8 Å². The van der Waals surface area contributed by atoms with E-state index < -0.39 is 11.1 Å². The smallest absolute Gasteiger partial charge is 0.148 e. The van der Waals surface area contributed by atoms with Gasteiger partial charge >= 0.3 is 0 Å². The topological polar surface area (TPSA) is 72.0 Å². The molecule has 0 unspecified atom stereocenters. The summed E-state index contributed by atoms with van der Waals surface area (Å²) in [6.07, 6.45) is 4.71. The fourth-order valence-electron chi connectivity index (χ4n) is 2.36. The lowest BCUT2D eigenvalue weighted by atomic mass is 9.66. The highest BCUT2D eigenvalue weighted by atomic mass is 16.3. The summed E-state index contributed by atoms with van der Waals surface area (Å²) in [5.74, 6) is 1.07. The monoisotopic (exact) mass is 221 g/mol. The van der Waals surface area contributed by atoms with Gasteiger partial charge in [-0.3, -0.25) is 0 Å². The van der Waals surface area contributed by atoms with E-state index in [-0.39, 0.29) is 0 Å². The van der Waals surface area contributed by atoms with Crippen LogP contribution in [0.5, 0.6) is 0 Å². The molecule has 0 aliphatic heterocycles. The minimum atomic E-state index is -0.658. The Morgan fingerprint density at radius 2 is 1.81 bits per heavy atom. The van der Waals surface area contributed by atoms with Gasteiger partial charge in [0.1, 0.15) is 5.82 Å². The zero-order valence-corrected chi connectivity index (χ0v) is 10.1. The SMILES string of the molecule is CC(C)c1cnc(C2(N)CC(C)(O)C2)nc1. The minimum Gasteiger partial charge on any atom is -0.390 e. The Bertz CT molecular complexity index is 376. The third kappa shape index (κ3) is 1.95. The molecular formula is C12H19N3O. The Labute approximate surface area is 95.9 Å². The zero-order chi connectivity index (χ0) is 12.0. The third-order valence-electron chi connectivity index (χ3n) is 3.18. The van der Waals surface area contributed by atoms with Crippen LogP contribution in [0.2, 0.25) is 0 Å². The Morgan fingerprint density at radius 1 is 1.31 bits per heavy atom. The molecule has 1 aliphatic rings. The van der Waals surface area contributed by atoms with Crippen LogP contribution in [0.3, 0.4) is 0 Å². The fraction of sp³-hybridized carbons (Fsp3) is 0.667. The van der Waals surface area contributed by atoms with Crippen molar-refractivity contribution >= 4 is 0 Å². The molecule has 1 saturated carbocycles. The molecule has 2 rings (SSSR count). The van der Waals surface area contributed by atoms with Gasteiger partial charge in [-0.25, -0.2) is 9.97 Å². The van der Waals surface area contributed by atoms with Crippen LogP contribution >= 0.6 is 0 Å². The van der Waals surface area contributed by atoms with Crippen molar-refractivity contribution in [3.05, 3.63) is 23.8 Å². The second-order valence-electron chi connectivity index (χ2n) is 5.50. The standard InChI is InChI=1S/C12H19N3O/c1-8(2)9-4-14-10(15-5-9)12(13)6-11(3,16)7-12/h4-5,8,16H,6-7,13H2,1-3H3. The summed E-state index contributed by atoms with van der Waals surface area (Å²) in [5.41, 5.74) is 6.05. The number of aliphatic hydroxyl groups is 1. The summed E-state index contributed by atoms with van der Waals surface area (Å²) in [7, 11) is 0. The number of aromatic nitrogens is 2. The molecule has 1 aliphatic carbocycles. The van der Waals surface area contributed by atoms with Crippen LogP contribution in [-0.4, -0.2) is 20.7 Å². The van der Waals surface area contributed by atoms with Gasteiger partial charge in [-0.05, 0) is 18.4 Å². The number of rotatable bonds is 2. The Balaban J connectivity index is 2.17. The van der Waals surface area contributed by atoms with Crippen LogP contribution in [0.15, 0.2) is 12.4 Å². The molecule has 0 radical (unpaired) electrons. The van der Waals surface area contributed by atoms with E-state index in [1.807, 2.05) is 12.4 Å². The molecule has 0 aromatic carbocycles. The summed E-state index contributed by atoms with van der Waals surface area (Å²) < 4.78 is 0. The van der Waals surface area contributed by atoms with Gasteiger partial charge in [-0.1, -0.05) is 13.8 Å². The van der Waals surface area contributed by atoms with Crippen LogP contribution in [0, 0.1) is 0 Å². The highest BCUT2D eigenvalue weighted by Crippen LogP contribution is 2.44. The van der Waals surface area contributed by atoms with Crippen molar-refractivity contribution < 1.29 is 5.11 Å². The van der Waals surface area contributed by atoms with Gasteiger partial charge in [0.25, 0.3) is 0 Å². The molecule has 4 heteroatoms. The second-order valence-corrected chi connectivity index (χ2v) is 5.50. The van der Waals surface area contributed by atoms with Crippen molar-refractivity contribution in [2.24, 2.45) is 5.73 Å². The predicted molar refractivity (Wildman–Crippen MR) is 61.8 cm³/mol. The summed E-state index contributed by atoms with van der Waals surface area (Å²) in [4.78, 5) is 8.62. The number of hydrogen-bond donors (Lipinski definition) is 2. The van der Waals surface area contributed by atoms with Gasteiger partial charge in [0.2, 0.25) is 0 Å². The molecule has 0 amide bonds. The van der Waals surface area contributed by atoms with E-state index in [2.05, 4.69) is 23.8 Å².